The molecule has 0 unspecified atom stereocenters. The van der Waals surface area contributed by atoms with Crippen LogP contribution in [0.4, 0.5) is 4.79 Å². The van der Waals surface area contributed by atoms with Gasteiger partial charge in [-0.2, -0.15) is 0 Å². The summed E-state index contributed by atoms with van der Waals surface area (Å²) in [5.74, 6) is 0. The average Bonchev–Trinajstić information content (AvgIpc) is 2.82. The van der Waals surface area contributed by atoms with Gasteiger partial charge in [0.05, 0.1) is 6.04 Å². The molecule has 0 saturated carbocycles. The van der Waals surface area contributed by atoms with E-state index in [9.17, 15) is 4.79 Å². The Morgan fingerprint density at radius 1 is 1.26 bits per heavy atom. The van der Waals surface area contributed by atoms with Gasteiger partial charge in [-0.15, -0.1) is 0 Å². The summed E-state index contributed by atoms with van der Waals surface area (Å²) in [6.07, 6.45) is 2.13. The van der Waals surface area contributed by atoms with Crippen LogP contribution in [0.3, 0.4) is 0 Å². The fourth-order valence-electron chi connectivity index (χ4n) is 3.07. The van der Waals surface area contributed by atoms with Gasteiger partial charge in [0.15, 0.2) is 0 Å². The molecule has 2 heterocycles. The van der Waals surface area contributed by atoms with Gasteiger partial charge in [0, 0.05) is 12.6 Å². The van der Waals surface area contributed by atoms with Crippen molar-refractivity contribution >= 4 is 6.03 Å². The molecule has 2 aliphatic rings. The fraction of sp³-hybridized carbons (Fsp3) is 0.533. The molecule has 19 heavy (non-hydrogen) atoms. The number of piperidine rings is 1. The van der Waals surface area contributed by atoms with Crippen molar-refractivity contribution < 1.29 is 4.79 Å². The smallest absolute Gasteiger partial charge is 0.318 e. The minimum absolute atomic E-state index is 0.0957. The molecule has 3 rings (SSSR count). The van der Waals surface area contributed by atoms with Crippen molar-refractivity contribution in [2.75, 3.05) is 19.6 Å². The lowest BCUT2D eigenvalue weighted by Crippen LogP contribution is -2.44. The molecule has 102 valence electrons. The van der Waals surface area contributed by atoms with Gasteiger partial charge in [-0.25, -0.2) is 4.79 Å². The molecule has 4 heteroatoms. The van der Waals surface area contributed by atoms with Crippen molar-refractivity contribution in [2.45, 2.75) is 31.8 Å². The summed E-state index contributed by atoms with van der Waals surface area (Å²) in [6.45, 7) is 4.92. The number of nitrogens with one attached hydrogen (secondary N) is 2. The molecule has 1 aromatic rings. The molecule has 0 aromatic heterocycles. The van der Waals surface area contributed by atoms with E-state index in [0.29, 0.717) is 6.04 Å². The predicted octanol–water partition coefficient (Wildman–Crippen LogP) is 1.81. The number of rotatable bonds is 2. The highest BCUT2D eigenvalue weighted by Crippen LogP contribution is 2.25. The Balaban J connectivity index is 1.72. The summed E-state index contributed by atoms with van der Waals surface area (Å²) in [5.41, 5.74) is 2.46. The quantitative estimate of drug-likeness (QED) is 0.851. The Bertz CT molecular complexity index is 468. The van der Waals surface area contributed by atoms with Gasteiger partial charge < -0.3 is 15.5 Å². The van der Waals surface area contributed by atoms with Crippen molar-refractivity contribution in [2.24, 2.45) is 0 Å². The van der Waals surface area contributed by atoms with Gasteiger partial charge in [0.1, 0.15) is 0 Å². The second-order valence-electron chi connectivity index (χ2n) is 5.55. The lowest BCUT2D eigenvalue weighted by atomic mass is 10.0. The van der Waals surface area contributed by atoms with E-state index in [2.05, 4.69) is 41.8 Å². The molecule has 0 radical (unpaired) electrons. The first kappa shape index (κ1) is 12.5. The van der Waals surface area contributed by atoms with Crippen molar-refractivity contribution in [1.29, 1.82) is 0 Å². The number of urea groups is 1. The first-order valence-electron chi connectivity index (χ1n) is 7.08. The van der Waals surface area contributed by atoms with E-state index in [1.807, 2.05) is 4.90 Å². The topological polar surface area (TPSA) is 44.4 Å². The second-order valence-corrected chi connectivity index (χ2v) is 5.55. The van der Waals surface area contributed by atoms with Crippen LogP contribution in [0, 0.1) is 6.92 Å². The standard InChI is InChI=1S/C15H21N3O/c1-11-3-2-4-12(9-11)14-10-18(15(19)17-14)13-5-7-16-8-6-13/h2-4,9,13-14,16H,5-8,10H2,1H3,(H,17,19)/t14-/m0/s1. The van der Waals surface area contributed by atoms with Gasteiger partial charge >= 0.3 is 6.03 Å². The number of benzene rings is 1. The average molecular weight is 259 g/mol. The minimum Gasteiger partial charge on any atom is -0.329 e. The highest BCUT2D eigenvalue weighted by atomic mass is 16.2. The molecule has 2 N–H and O–H groups in total. The third kappa shape index (κ3) is 2.59. The van der Waals surface area contributed by atoms with Gasteiger partial charge in [-0.1, -0.05) is 29.8 Å². The summed E-state index contributed by atoms with van der Waals surface area (Å²) in [6, 6.07) is 9.05. The van der Waals surface area contributed by atoms with Crippen LogP contribution in [0.2, 0.25) is 0 Å². The molecule has 0 spiro atoms. The van der Waals surface area contributed by atoms with Crippen LogP contribution >= 0.6 is 0 Å². The van der Waals surface area contributed by atoms with Crippen LogP contribution in [-0.4, -0.2) is 36.6 Å². The fourth-order valence-corrected chi connectivity index (χ4v) is 3.07. The number of carbonyl (C=O) groups is 1. The molecule has 4 nitrogen and oxygen atoms in total. The number of carbonyl (C=O) groups excluding carboxylic acids is 1. The van der Waals surface area contributed by atoms with E-state index in [1.165, 1.54) is 11.1 Å². The maximum atomic E-state index is 12.1. The first-order valence-corrected chi connectivity index (χ1v) is 7.08. The molecular weight excluding hydrogens is 238 g/mol. The van der Waals surface area contributed by atoms with E-state index in [-0.39, 0.29) is 12.1 Å². The van der Waals surface area contributed by atoms with Crippen molar-refractivity contribution in [1.82, 2.24) is 15.5 Å². The van der Waals surface area contributed by atoms with Crippen LogP contribution < -0.4 is 10.6 Å². The maximum absolute atomic E-state index is 12.1. The maximum Gasteiger partial charge on any atom is 0.318 e. The number of amides is 2. The molecule has 2 saturated heterocycles. The van der Waals surface area contributed by atoms with Crippen LogP contribution in [0.25, 0.3) is 0 Å². The molecule has 2 aliphatic heterocycles. The summed E-state index contributed by atoms with van der Waals surface area (Å²) < 4.78 is 0. The van der Waals surface area contributed by atoms with Crippen LogP contribution in [0.15, 0.2) is 24.3 Å². The largest absolute Gasteiger partial charge is 0.329 e. The van der Waals surface area contributed by atoms with E-state index in [0.717, 1.165) is 32.5 Å². The number of hydrogen-bond acceptors (Lipinski definition) is 2. The van der Waals surface area contributed by atoms with E-state index in [1.54, 1.807) is 0 Å². The van der Waals surface area contributed by atoms with Gasteiger partial charge in [0.25, 0.3) is 0 Å². The third-order valence-corrected chi connectivity index (χ3v) is 4.13. The van der Waals surface area contributed by atoms with E-state index < -0.39 is 0 Å². The number of nitrogens with zero attached hydrogens (tertiary/aromatic N) is 1. The zero-order valence-corrected chi connectivity index (χ0v) is 11.4. The van der Waals surface area contributed by atoms with Crippen LogP contribution in [0.5, 0.6) is 0 Å². The summed E-state index contributed by atoms with van der Waals surface area (Å²) in [4.78, 5) is 14.2. The molecule has 1 aromatic carbocycles. The Kier molecular flexibility index (Phi) is 3.42. The Morgan fingerprint density at radius 2 is 2.05 bits per heavy atom. The van der Waals surface area contributed by atoms with E-state index in [4.69, 9.17) is 0 Å². The molecule has 2 fully saturated rings. The highest BCUT2D eigenvalue weighted by Gasteiger charge is 2.34. The Hall–Kier alpha value is -1.55. The Morgan fingerprint density at radius 3 is 2.79 bits per heavy atom. The van der Waals surface area contributed by atoms with Crippen molar-refractivity contribution in [3.63, 3.8) is 0 Å². The minimum atomic E-state index is 0.0957. The van der Waals surface area contributed by atoms with Crippen LogP contribution in [0.1, 0.15) is 30.0 Å². The summed E-state index contributed by atoms with van der Waals surface area (Å²) >= 11 is 0. The third-order valence-electron chi connectivity index (χ3n) is 4.13. The lowest BCUT2D eigenvalue weighted by molar-refractivity contribution is 0.182. The second kappa shape index (κ2) is 5.21. The van der Waals surface area contributed by atoms with Gasteiger partial charge in [-0.3, -0.25) is 0 Å². The molecule has 2 amide bonds. The van der Waals surface area contributed by atoms with Gasteiger partial charge in [0.2, 0.25) is 0 Å². The first-order chi connectivity index (χ1) is 9.24. The number of hydrogen-bond donors (Lipinski definition) is 2. The summed E-state index contributed by atoms with van der Waals surface area (Å²) in [7, 11) is 0. The van der Waals surface area contributed by atoms with Crippen LogP contribution in [-0.2, 0) is 0 Å². The summed E-state index contributed by atoms with van der Waals surface area (Å²) in [5, 5.41) is 6.46. The lowest BCUT2D eigenvalue weighted by Gasteiger charge is -2.30. The van der Waals surface area contributed by atoms with Gasteiger partial charge in [-0.05, 0) is 38.4 Å². The molecule has 0 aliphatic carbocycles. The monoisotopic (exact) mass is 259 g/mol. The van der Waals surface area contributed by atoms with Crippen molar-refractivity contribution in [3.8, 4) is 0 Å². The predicted molar refractivity (Wildman–Crippen MR) is 75.0 cm³/mol. The molecule has 1 atom stereocenters. The highest BCUT2D eigenvalue weighted by molar-refractivity contribution is 5.77. The molecule has 0 bridgehead atoms. The Labute approximate surface area is 114 Å². The zero-order chi connectivity index (χ0) is 13.2. The number of aryl methyl sites for hydroxylation is 1. The normalized spacial score (nSPS) is 24.6. The molecular formula is C15H21N3O. The van der Waals surface area contributed by atoms with Crippen molar-refractivity contribution in [3.05, 3.63) is 35.4 Å². The SMILES string of the molecule is Cc1cccc([C@@H]2CN(C3CCNCC3)C(=O)N2)c1. The zero-order valence-electron chi connectivity index (χ0n) is 11.4. The van der Waals surface area contributed by atoms with E-state index >= 15 is 0 Å².